The molecular formula is C26H30F2N6O. The van der Waals surface area contributed by atoms with Crippen LogP contribution in [0.25, 0.3) is 0 Å². The number of carbonyl (C=O) groups is 1. The Hall–Kier alpha value is -3.72. The molecule has 1 saturated heterocycles. The van der Waals surface area contributed by atoms with Crippen LogP contribution in [0.2, 0.25) is 0 Å². The summed E-state index contributed by atoms with van der Waals surface area (Å²) in [6.07, 6.45) is 2.55. The number of nitrogens with zero attached hydrogens (tertiary/aromatic N) is 3. The third-order valence-electron chi connectivity index (χ3n) is 5.97. The lowest BCUT2D eigenvalue weighted by Crippen LogP contribution is -2.46. The summed E-state index contributed by atoms with van der Waals surface area (Å²) < 4.78 is 27.0. The molecule has 4 N–H and O–H groups in total. The van der Waals surface area contributed by atoms with Gasteiger partial charge in [-0.05, 0) is 48.9 Å². The first-order valence-electron chi connectivity index (χ1n) is 11.7. The van der Waals surface area contributed by atoms with E-state index in [1.165, 1.54) is 18.3 Å². The maximum atomic E-state index is 13.5. The third-order valence-corrected chi connectivity index (χ3v) is 5.97. The number of benzene rings is 2. The minimum Gasteiger partial charge on any atom is -0.380 e. The van der Waals surface area contributed by atoms with E-state index >= 15 is 0 Å². The molecule has 0 atom stereocenters. The summed E-state index contributed by atoms with van der Waals surface area (Å²) in [5.41, 5.74) is 8.49. The number of hydrogen-bond donors (Lipinski definition) is 3. The molecule has 1 aromatic heterocycles. The third kappa shape index (κ3) is 6.45. The molecule has 1 aliphatic rings. The maximum absolute atomic E-state index is 13.5. The zero-order valence-electron chi connectivity index (χ0n) is 19.7. The molecule has 7 nitrogen and oxygen atoms in total. The topological polar surface area (TPSA) is 86.5 Å². The fourth-order valence-corrected chi connectivity index (χ4v) is 4.25. The van der Waals surface area contributed by atoms with Gasteiger partial charge in [0.2, 0.25) is 0 Å². The molecule has 3 aromatic rings. The molecule has 4 rings (SSSR count). The highest BCUT2D eigenvalue weighted by atomic mass is 19.1. The van der Waals surface area contributed by atoms with E-state index in [4.69, 9.17) is 5.73 Å². The van der Waals surface area contributed by atoms with Gasteiger partial charge in [0.15, 0.2) is 0 Å². The molecule has 0 saturated carbocycles. The Morgan fingerprint density at radius 2 is 1.80 bits per heavy atom. The fourth-order valence-electron chi connectivity index (χ4n) is 4.25. The van der Waals surface area contributed by atoms with E-state index in [1.807, 2.05) is 12.1 Å². The first kappa shape index (κ1) is 24.4. The van der Waals surface area contributed by atoms with Crippen molar-refractivity contribution in [1.82, 2.24) is 9.88 Å². The number of anilines is 4. The molecule has 9 heteroatoms. The van der Waals surface area contributed by atoms with Gasteiger partial charge in [0.05, 0.1) is 11.3 Å². The van der Waals surface area contributed by atoms with Gasteiger partial charge in [-0.15, -0.1) is 0 Å². The minimum atomic E-state index is -0.666. The monoisotopic (exact) mass is 480 g/mol. The van der Waals surface area contributed by atoms with Crippen molar-refractivity contribution >= 4 is 28.8 Å². The predicted molar refractivity (Wildman–Crippen MR) is 135 cm³/mol. The van der Waals surface area contributed by atoms with Gasteiger partial charge in [0.25, 0.3) is 5.91 Å². The van der Waals surface area contributed by atoms with Crippen molar-refractivity contribution < 1.29 is 13.6 Å². The molecular weight excluding hydrogens is 450 g/mol. The Labute approximate surface area is 203 Å². The van der Waals surface area contributed by atoms with Crippen molar-refractivity contribution in [1.29, 1.82) is 0 Å². The van der Waals surface area contributed by atoms with Crippen LogP contribution in [0.5, 0.6) is 0 Å². The van der Waals surface area contributed by atoms with Crippen molar-refractivity contribution in [3.05, 3.63) is 77.5 Å². The zero-order valence-corrected chi connectivity index (χ0v) is 19.7. The number of pyridine rings is 1. The molecule has 0 radical (unpaired) electrons. The maximum Gasteiger partial charge on any atom is 0.252 e. The van der Waals surface area contributed by atoms with Crippen LogP contribution in [0, 0.1) is 11.6 Å². The number of aromatic nitrogens is 1. The second-order valence-corrected chi connectivity index (χ2v) is 8.61. The highest BCUT2D eigenvalue weighted by Gasteiger charge is 2.17. The minimum absolute atomic E-state index is 0.109. The Balaban J connectivity index is 1.47. The highest BCUT2D eigenvalue weighted by molar-refractivity contribution is 5.98. The van der Waals surface area contributed by atoms with Crippen LogP contribution in [-0.4, -0.2) is 48.5 Å². The van der Waals surface area contributed by atoms with Gasteiger partial charge >= 0.3 is 0 Å². The van der Waals surface area contributed by atoms with Crippen LogP contribution in [0.3, 0.4) is 0 Å². The molecule has 1 amide bonds. The quantitative estimate of drug-likeness (QED) is 0.422. The SMILES string of the molecule is CCCN1CCN(c2cccc(Nc3cc(NCc4cc(F)cc(F)c4)c(C(N)=O)cn3)c2)CC1. The van der Waals surface area contributed by atoms with E-state index in [-0.39, 0.29) is 12.1 Å². The van der Waals surface area contributed by atoms with Crippen molar-refractivity contribution in [2.45, 2.75) is 19.9 Å². The number of halogens is 2. The van der Waals surface area contributed by atoms with Crippen LogP contribution in [0.4, 0.5) is 31.7 Å². The van der Waals surface area contributed by atoms with Crippen molar-refractivity contribution in [2.24, 2.45) is 5.73 Å². The zero-order chi connectivity index (χ0) is 24.8. The molecule has 2 aromatic carbocycles. The Morgan fingerprint density at radius 1 is 1.06 bits per heavy atom. The van der Waals surface area contributed by atoms with Crippen molar-refractivity contribution in [2.75, 3.05) is 48.3 Å². The summed E-state index contributed by atoms with van der Waals surface area (Å²) in [6.45, 7) is 7.49. The van der Waals surface area contributed by atoms with E-state index in [1.54, 1.807) is 6.07 Å². The lowest BCUT2D eigenvalue weighted by Gasteiger charge is -2.36. The number of amides is 1. The first-order chi connectivity index (χ1) is 16.9. The van der Waals surface area contributed by atoms with Crippen LogP contribution in [0.1, 0.15) is 29.3 Å². The van der Waals surface area contributed by atoms with Crippen molar-refractivity contribution in [3.8, 4) is 0 Å². The molecule has 2 heterocycles. The highest BCUT2D eigenvalue weighted by Crippen LogP contribution is 2.26. The average molecular weight is 481 g/mol. The van der Waals surface area contributed by atoms with E-state index < -0.39 is 17.5 Å². The van der Waals surface area contributed by atoms with E-state index in [2.05, 4.69) is 44.5 Å². The second-order valence-electron chi connectivity index (χ2n) is 8.61. The molecule has 0 bridgehead atoms. The van der Waals surface area contributed by atoms with Gasteiger partial charge in [-0.1, -0.05) is 13.0 Å². The molecule has 0 unspecified atom stereocenters. The summed E-state index contributed by atoms with van der Waals surface area (Å²) in [7, 11) is 0. The van der Waals surface area contributed by atoms with Crippen molar-refractivity contribution in [3.63, 3.8) is 0 Å². The summed E-state index contributed by atoms with van der Waals surface area (Å²) in [4.78, 5) is 21.1. The Morgan fingerprint density at radius 3 is 2.49 bits per heavy atom. The van der Waals surface area contributed by atoms with Gasteiger partial charge in [-0.3, -0.25) is 9.69 Å². The van der Waals surface area contributed by atoms with Crippen LogP contribution >= 0.6 is 0 Å². The number of rotatable bonds is 9. The van der Waals surface area contributed by atoms with E-state index in [0.717, 1.165) is 56.6 Å². The fraction of sp³-hybridized carbons (Fsp3) is 0.308. The average Bonchev–Trinajstić information content (AvgIpc) is 2.83. The normalized spacial score (nSPS) is 14.1. The lowest BCUT2D eigenvalue weighted by atomic mass is 10.1. The number of nitrogens with one attached hydrogen (secondary N) is 2. The predicted octanol–water partition coefficient (Wildman–Crippen LogP) is 4.35. The summed E-state index contributed by atoms with van der Waals surface area (Å²) in [5.74, 6) is -1.48. The standard InChI is InChI=1S/C26H30F2N6O/c1-2-6-33-7-9-34(10-8-33)22-5-3-4-21(14-22)32-25-15-24(23(17-31-25)26(29)35)30-16-18-11-19(27)13-20(28)12-18/h3-5,11-15,17H,2,6-10,16H2,1H3,(H2,29,35)(H2,30,31,32). The van der Waals surface area contributed by atoms with Gasteiger partial charge in [-0.25, -0.2) is 13.8 Å². The van der Waals surface area contributed by atoms with Gasteiger partial charge in [0.1, 0.15) is 17.5 Å². The summed E-state index contributed by atoms with van der Waals surface area (Å²) >= 11 is 0. The smallest absolute Gasteiger partial charge is 0.252 e. The second kappa shape index (κ2) is 11.1. The number of primary amides is 1. The largest absolute Gasteiger partial charge is 0.380 e. The van der Waals surface area contributed by atoms with Gasteiger partial charge in [-0.2, -0.15) is 0 Å². The Kier molecular flexibility index (Phi) is 7.77. The Bertz CT molecular complexity index is 1160. The summed E-state index contributed by atoms with van der Waals surface area (Å²) in [6, 6.07) is 13.0. The molecule has 35 heavy (non-hydrogen) atoms. The number of nitrogens with two attached hydrogens (primary N) is 1. The van der Waals surface area contributed by atoms with E-state index in [0.29, 0.717) is 17.1 Å². The first-order valence-corrected chi connectivity index (χ1v) is 11.7. The van der Waals surface area contributed by atoms with Gasteiger partial charge in [0, 0.05) is 62.4 Å². The van der Waals surface area contributed by atoms with Gasteiger partial charge < -0.3 is 21.3 Å². The molecule has 0 spiro atoms. The number of piperazine rings is 1. The lowest BCUT2D eigenvalue weighted by molar-refractivity contribution is 0.100. The van der Waals surface area contributed by atoms with Crippen LogP contribution < -0.4 is 21.3 Å². The summed E-state index contributed by atoms with van der Waals surface area (Å²) in [5, 5.41) is 6.32. The molecule has 1 aliphatic heterocycles. The van der Waals surface area contributed by atoms with E-state index in [9.17, 15) is 13.6 Å². The molecule has 184 valence electrons. The molecule has 1 fully saturated rings. The number of hydrogen-bond acceptors (Lipinski definition) is 6. The number of carbonyl (C=O) groups excluding carboxylic acids is 1. The molecule has 0 aliphatic carbocycles. The van der Waals surface area contributed by atoms with Crippen LogP contribution in [0.15, 0.2) is 54.7 Å². The van der Waals surface area contributed by atoms with Crippen LogP contribution in [-0.2, 0) is 6.54 Å².